The van der Waals surface area contributed by atoms with Crippen molar-refractivity contribution in [2.75, 3.05) is 12.8 Å². The third-order valence-electron chi connectivity index (χ3n) is 3.71. The van der Waals surface area contributed by atoms with Crippen molar-refractivity contribution in [2.24, 2.45) is 0 Å². The maximum atomic E-state index is 12.4. The van der Waals surface area contributed by atoms with E-state index in [1.807, 2.05) is 24.2 Å². The average Bonchev–Trinajstić information content (AvgIpc) is 3.00. The van der Waals surface area contributed by atoms with Crippen molar-refractivity contribution in [3.05, 3.63) is 45.9 Å². The predicted molar refractivity (Wildman–Crippen MR) is 91.4 cm³/mol. The van der Waals surface area contributed by atoms with Gasteiger partial charge in [0.2, 0.25) is 0 Å². The molecule has 0 radical (unpaired) electrons. The van der Waals surface area contributed by atoms with E-state index in [1.165, 1.54) is 16.0 Å². The van der Waals surface area contributed by atoms with E-state index in [2.05, 4.69) is 35.4 Å². The van der Waals surface area contributed by atoms with Gasteiger partial charge in [0.05, 0.1) is 12.6 Å². The van der Waals surface area contributed by atoms with E-state index in [0.29, 0.717) is 6.54 Å². The molecule has 6 heteroatoms. The Hall–Kier alpha value is -1.53. The molecular weight excluding hydrogens is 314 g/mol. The molecule has 2 aromatic rings. The number of fused-ring (bicyclic) bond motifs is 1. The van der Waals surface area contributed by atoms with Gasteiger partial charge in [-0.05, 0) is 25.0 Å². The van der Waals surface area contributed by atoms with Crippen LogP contribution in [0.5, 0.6) is 0 Å². The SMILES string of the molecule is Cc1ccc2c(c1)[C@@H](NC(=O)N(C)Cc1nccs1)CCS2. The Morgan fingerprint density at radius 3 is 3.14 bits per heavy atom. The lowest BCUT2D eigenvalue weighted by Gasteiger charge is -2.28. The van der Waals surface area contributed by atoms with Crippen molar-refractivity contribution < 1.29 is 4.79 Å². The third kappa shape index (κ3) is 3.44. The first-order chi connectivity index (χ1) is 10.6. The topological polar surface area (TPSA) is 45.2 Å². The van der Waals surface area contributed by atoms with Crippen LogP contribution in [-0.2, 0) is 6.54 Å². The number of aryl methyl sites for hydroxylation is 1. The number of hydrogen-bond acceptors (Lipinski definition) is 4. The number of nitrogens with zero attached hydrogens (tertiary/aromatic N) is 2. The van der Waals surface area contributed by atoms with Crippen LogP contribution in [-0.4, -0.2) is 28.7 Å². The number of thiazole rings is 1. The third-order valence-corrected chi connectivity index (χ3v) is 5.59. The van der Waals surface area contributed by atoms with Gasteiger partial charge in [0.25, 0.3) is 0 Å². The zero-order chi connectivity index (χ0) is 15.5. The van der Waals surface area contributed by atoms with E-state index < -0.39 is 0 Å². The van der Waals surface area contributed by atoms with Gasteiger partial charge in [-0.2, -0.15) is 0 Å². The van der Waals surface area contributed by atoms with E-state index in [9.17, 15) is 4.79 Å². The molecule has 4 nitrogen and oxygen atoms in total. The number of carbonyl (C=O) groups is 1. The Kier molecular flexibility index (Phi) is 4.69. The highest BCUT2D eigenvalue weighted by atomic mass is 32.2. The quantitative estimate of drug-likeness (QED) is 0.928. The highest BCUT2D eigenvalue weighted by molar-refractivity contribution is 7.99. The summed E-state index contributed by atoms with van der Waals surface area (Å²) >= 11 is 3.44. The number of benzene rings is 1. The van der Waals surface area contributed by atoms with E-state index in [-0.39, 0.29) is 12.1 Å². The molecule has 0 aliphatic carbocycles. The fourth-order valence-corrected chi connectivity index (χ4v) is 4.30. The minimum atomic E-state index is -0.0421. The first-order valence-corrected chi connectivity index (χ1v) is 9.13. The van der Waals surface area contributed by atoms with Gasteiger partial charge in [0.15, 0.2) is 0 Å². The second kappa shape index (κ2) is 6.71. The number of amides is 2. The molecule has 116 valence electrons. The van der Waals surface area contributed by atoms with Crippen LogP contribution in [0.4, 0.5) is 4.79 Å². The van der Waals surface area contributed by atoms with Crippen LogP contribution >= 0.6 is 23.1 Å². The van der Waals surface area contributed by atoms with Crippen molar-refractivity contribution >= 4 is 29.1 Å². The smallest absolute Gasteiger partial charge is 0.318 e. The maximum Gasteiger partial charge on any atom is 0.318 e. The molecule has 0 saturated heterocycles. The van der Waals surface area contributed by atoms with Crippen LogP contribution in [0.15, 0.2) is 34.7 Å². The Morgan fingerprint density at radius 1 is 1.50 bits per heavy atom. The highest BCUT2D eigenvalue weighted by Crippen LogP contribution is 2.36. The molecule has 2 heterocycles. The molecule has 1 aliphatic heterocycles. The molecule has 0 spiro atoms. The van der Waals surface area contributed by atoms with Crippen molar-refractivity contribution in [3.63, 3.8) is 0 Å². The molecule has 22 heavy (non-hydrogen) atoms. The molecule has 0 saturated carbocycles. The van der Waals surface area contributed by atoms with Crippen LogP contribution < -0.4 is 5.32 Å². The first-order valence-electron chi connectivity index (χ1n) is 7.27. The summed E-state index contributed by atoms with van der Waals surface area (Å²) in [5.41, 5.74) is 2.48. The van der Waals surface area contributed by atoms with Gasteiger partial charge < -0.3 is 10.2 Å². The number of rotatable bonds is 3. The molecule has 3 rings (SSSR count). The molecule has 1 N–H and O–H groups in total. The number of nitrogens with one attached hydrogen (secondary N) is 1. The molecule has 0 bridgehead atoms. The number of carbonyl (C=O) groups excluding carboxylic acids is 1. The zero-order valence-corrected chi connectivity index (χ0v) is 14.3. The Morgan fingerprint density at radius 2 is 2.36 bits per heavy atom. The van der Waals surface area contributed by atoms with Crippen molar-refractivity contribution in [1.29, 1.82) is 0 Å². The number of urea groups is 1. The van der Waals surface area contributed by atoms with Gasteiger partial charge in [-0.25, -0.2) is 9.78 Å². The van der Waals surface area contributed by atoms with Crippen LogP contribution in [0.1, 0.15) is 28.6 Å². The Balaban J connectivity index is 1.68. The van der Waals surface area contributed by atoms with Gasteiger partial charge in [0.1, 0.15) is 5.01 Å². The van der Waals surface area contributed by atoms with Crippen LogP contribution in [0.25, 0.3) is 0 Å². The zero-order valence-electron chi connectivity index (χ0n) is 12.7. The van der Waals surface area contributed by atoms with Crippen molar-refractivity contribution in [2.45, 2.75) is 30.8 Å². The Labute approximate surface area is 138 Å². The van der Waals surface area contributed by atoms with E-state index >= 15 is 0 Å². The molecule has 1 atom stereocenters. The lowest BCUT2D eigenvalue weighted by Crippen LogP contribution is -2.39. The van der Waals surface area contributed by atoms with E-state index in [1.54, 1.807) is 22.4 Å². The molecule has 0 unspecified atom stereocenters. The molecule has 1 aliphatic rings. The molecular formula is C16H19N3OS2. The summed E-state index contributed by atoms with van der Waals surface area (Å²) in [7, 11) is 1.81. The number of thioether (sulfide) groups is 1. The fraction of sp³-hybridized carbons (Fsp3) is 0.375. The molecule has 1 aromatic heterocycles. The van der Waals surface area contributed by atoms with E-state index in [0.717, 1.165) is 17.2 Å². The van der Waals surface area contributed by atoms with Crippen molar-refractivity contribution in [1.82, 2.24) is 15.2 Å². The molecule has 2 amide bonds. The maximum absolute atomic E-state index is 12.4. The second-order valence-electron chi connectivity index (χ2n) is 5.46. The van der Waals surface area contributed by atoms with Crippen LogP contribution in [0.2, 0.25) is 0 Å². The largest absolute Gasteiger partial charge is 0.331 e. The van der Waals surface area contributed by atoms with E-state index in [4.69, 9.17) is 0 Å². The van der Waals surface area contributed by atoms with Crippen LogP contribution in [0.3, 0.4) is 0 Å². The second-order valence-corrected chi connectivity index (χ2v) is 7.58. The standard InChI is InChI=1S/C16H19N3OS2/c1-11-3-4-14-12(9-11)13(5-7-21-14)18-16(20)19(2)10-15-17-6-8-22-15/h3-4,6,8-9,13H,5,7,10H2,1-2H3,(H,18,20)/t13-/m0/s1. The van der Waals surface area contributed by atoms with Gasteiger partial charge in [-0.3, -0.25) is 0 Å². The lowest BCUT2D eigenvalue weighted by molar-refractivity contribution is 0.202. The Bertz CT molecular complexity index is 657. The predicted octanol–water partition coefficient (Wildman–Crippen LogP) is 3.83. The minimum Gasteiger partial charge on any atom is -0.331 e. The lowest BCUT2D eigenvalue weighted by atomic mass is 10.0. The molecule has 0 fully saturated rings. The minimum absolute atomic E-state index is 0.0421. The van der Waals surface area contributed by atoms with Gasteiger partial charge in [0, 0.05) is 29.3 Å². The summed E-state index contributed by atoms with van der Waals surface area (Å²) < 4.78 is 0. The summed E-state index contributed by atoms with van der Waals surface area (Å²) in [5.74, 6) is 1.04. The number of aromatic nitrogens is 1. The van der Waals surface area contributed by atoms with Gasteiger partial charge in [-0.1, -0.05) is 17.7 Å². The summed E-state index contributed by atoms with van der Waals surface area (Å²) in [5, 5.41) is 6.05. The summed E-state index contributed by atoms with van der Waals surface area (Å²) in [6.07, 6.45) is 2.74. The fourth-order valence-electron chi connectivity index (χ4n) is 2.53. The van der Waals surface area contributed by atoms with Crippen molar-refractivity contribution in [3.8, 4) is 0 Å². The first kappa shape index (κ1) is 15.4. The average molecular weight is 333 g/mol. The normalized spacial score (nSPS) is 16.9. The summed E-state index contributed by atoms with van der Waals surface area (Å²) in [6, 6.07) is 6.53. The molecule has 1 aromatic carbocycles. The highest BCUT2D eigenvalue weighted by Gasteiger charge is 2.23. The van der Waals surface area contributed by atoms with Gasteiger partial charge in [-0.15, -0.1) is 23.1 Å². The number of hydrogen-bond donors (Lipinski definition) is 1. The summed E-state index contributed by atoms with van der Waals surface area (Å²) in [4.78, 5) is 19.6. The van der Waals surface area contributed by atoms with Crippen LogP contribution in [0, 0.1) is 6.92 Å². The summed E-state index contributed by atoms with van der Waals surface area (Å²) in [6.45, 7) is 2.64. The monoisotopic (exact) mass is 333 g/mol. The van der Waals surface area contributed by atoms with Gasteiger partial charge >= 0.3 is 6.03 Å².